The van der Waals surface area contributed by atoms with E-state index in [0.717, 1.165) is 29.3 Å². The minimum absolute atomic E-state index is 0.570. The fourth-order valence-electron chi connectivity index (χ4n) is 4.73. The number of nitrogens with two attached hydrogens (primary N) is 1. The molecule has 0 bridgehead atoms. The van der Waals surface area contributed by atoms with Gasteiger partial charge in [-0.05, 0) is 56.1 Å². The number of nitrogen functional groups attached to an aromatic ring is 1. The average Bonchev–Trinajstić information content (AvgIpc) is 2.57. The third-order valence-electron chi connectivity index (χ3n) is 5.93. The highest BCUT2D eigenvalue weighted by molar-refractivity contribution is 5.65. The van der Waals surface area contributed by atoms with Crippen molar-refractivity contribution in [3.63, 3.8) is 0 Å². The summed E-state index contributed by atoms with van der Waals surface area (Å²) in [4.78, 5) is 2.78. The molecule has 3 N–H and O–H groups in total. The van der Waals surface area contributed by atoms with Gasteiger partial charge in [0, 0.05) is 25.2 Å². The van der Waals surface area contributed by atoms with Crippen molar-refractivity contribution in [1.29, 1.82) is 0 Å². The van der Waals surface area contributed by atoms with Crippen LogP contribution in [-0.2, 0) is 0 Å². The highest BCUT2D eigenvalue weighted by Crippen LogP contribution is 2.33. The van der Waals surface area contributed by atoms with Crippen LogP contribution in [0.2, 0.25) is 0 Å². The maximum absolute atomic E-state index is 6.06. The number of likely N-dealkylation sites (tertiary alicyclic amines) is 1. The molecule has 134 valence electrons. The molecule has 0 amide bonds. The predicted octanol–water partition coefficient (Wildman–Crippen LogP) is 4.75. The van der Waals surface area contributed by atoms with Gasteiger partial charge in [-0.3, -0.25) is 0 Å². The van der Waals surface area contributed by atoms with Crippen LogP contribution >= 0.6 is 0 Å². The summed E-state index contributed by atoms with van der Waals surface area (Å²) in [5, 5.41) is 3.66. The van der Waals surface area contributed by atoms with Crippen molar-refractivity contribution in [2.24, 2.45) is 11.8 Å². The highest BCUT2D eigenvalue weighted by atomic mass is 15.2. The molecule has 1 aromatic rings. The average molecular weight is 330 g/mol. The second-order valence-corrected chi connectivity index (χ2v) is 8.36. The molecular weight excluding hydrogens is 294 g/mol. The van der Waals surface area contributed by atoms with E-state index in [1.54, 1.807) is 0 Å². The molecule has 1 saturated carbocycles. The van der Waals surface area contributed by atoms with E-state index in [4.69, 9.17) is 5.73 Å². The smallest absolute Gasteiger partial charge is 0.0576 e. The normalized spacial score (nSPS) is 26.6. The maximum Gasteiger partial charge on any atom is 0.0576 e. The molecule has 3 rings (SSSR count). The Labute approximate surface area is 148 Å². The third kappa shape index (κ3) is 4.66. The first-order chi connectivity index (χ1) is 11.6. The molecule has 2 atom stereocenters. The standard InChI is InChI=1S/C21H35N3/c1-16(2)14-17-6-5-7-19(15-17)24-12-10-18(11-13-24)23-21-9-4-3-8-20(21)22/h3-4,8-9,16-19,23H,5-7,10-15,22H2,1-2H3/t17-,19+/m0/s1. The highest BCUT2D eigenvalue weighted by Gasteiger charge is 2.29. The lowest BCUT2D eigenvalue weighted by Gasteiger charge is -2.42. The van der Waals surface area contributed by atoms with Crippen LogP contribution in [0.25, 0.3) is 0 Å². The summed E-state index contributed by atoms with van der Waals surface area (Å²) in [6.45, 7) is 7.22. The summed E-state index contributed by atoms with van der Waals surface area (Å²) in [6.07, 6.45) is 9.63. The Morgan fingerprint density at radius 2 is 1.88 bits per heavy atom. The van der Waals surface area contributed by atoms with Crippen LogP contribution in [0.4, 0.5) is 11.4 Å². The van der Waals surface area contributed by atoms with Gasteiger partial charge in [0.05, 0.1) is 11.4 Å². The van der Waals surface area contributed by atoms with E-state index in [0.29, 0.717) is 6.04 Å². The summed E-state index contributed by atoms with van der Waals surface area (Å²) in [5.41, 5.74) is 8.03. The first-order valence-corrected chi connectivity index (χ1v) is 9.97. The van der Waals surface area contributed by atoms with E-state index in [1.165, 1.54) is 58.0 Å². The zero-order chi connectivity index (χ0) is 16.9. The van der Waals surface area contributed by atoms with Crippen LogP contribution in [0.1, 0.15) is 58.8 Å². The van der Waals surface area contributed by atoms with E-state index >= 15 is 0 Å². The van der Waals surface area contributed by atoms with Gasteiger partial charge < -0.3 is 16.0 Å². The number of piperidine rings is 1. The zero-order valence-electron chi connectivity index (χ0n) is 15.5. The molecular formula is C21H35N3. The molecule has 0 unspecified atom stereocenters. The molecule has 0 aromatic heterocycles. The summed E-state index contributed by atoms with van der Waals surface area (Å²) in [6, 6.07) is 9.55. The van der Waals surface area contributed by atoms with Gasteiger partial charge in [0.1, 0.15) is 0 Å². The Bertz CT molecular complexity index is 506. The number of nitrogens with zero attached hydrogens (tertiary/aromatic N) is 1. The van der Waals surface area contributed by atoms with Gasteiger partial charge in [-0.15, -0.1) is 0 Å². The fraction of sp³-hybridized carbons (Fsp3) is 0.714. The van der Waals surface area contributed by atoms with Crippen LogP contribution in [0.15, 0.2) is 24.3 Å². The number of hydrogen-bond acceptors (Lipinski definition) is 3. The number of hydrogen-bond donors (Lipinski definition) is 2. The Balaban J connectivity index is 1.47. The van der Waals surface area contributed by atoms with Crippen LogP contribution < -0.4 is 11.1 Å². The van der Waals surface area contributed by atoms with Crippen molar-refractivity contribution in [3.05, 3.63) is 24.3 Å². The van der Waals surface area contributed by atoms with Gasteiger partial charge in [0.2, 0.25) is 0 Å². The van der Waals surface area contributed by atoms with Crippen molar-refractivity contribution >= 4 is 11.4 Å². The zero-order valence-corrected chi connectivity index (χ0v) is 15.5. The van der Waals surface area contributed by atoms with Crippen LogP contribution in [0, 0.1) is 11.8 Å². The molecule has 2 fully saturated rings. The molecule has 0 radical (unpaired) electrons. The fourth-order valence-corrected chi connectivity index (χ4v) is 4.73. The quantitative estimate of drug-likeness (QED) is 0.766. The summed E-state index contributed by atoms with van der Waals surface area (Å²) in [7, 11) is 0. The molecule has 24 heavy (non-hydrogen) atoms. The second kappa shape index (κ2) is 8.24. The molecule has 1 aliphatic heterocycles. The molecule has 3 nitrogen and oxygen atoms in total. The van der Waals surface area contributed by atoms with Crippen molar-refractivity contribution in [2.75, 3.05) is 24.1 Å². The first kappa shape index (κ1) is 17.6. The first-order valence-electron chi connectivity index (χ1n) is 9.97. The van der Waals surface area contributed by atoms with Gasteiger partial charge in [-0.1, -0.05) is 38.8 Å². The minimum atomic E-state index is 0.570. The number of benzene rings is 1. The SMILES string of the molecule is CC(C)C[C@@H]1CCC[C@@H](N2CCC(Nc3ccccc3N)CC2)C1. The van der Waals surface area contributed by atoms with Gasteiger partial charge in [0.25, 0.3) is 0 Å². The van der Waals surface area contributed by atoms with Gasteiger partial charge in [0.15, 0.2) is 0 Å². The Morgan fingerprint density at radius 1 is 1.12 bits per heavy atom. The number of rotatable bonds is 5. The van der Waals surface area contributed by atoms with E-state index in [1.807, 2.05) is 12.1 Å². The maximum atomic E-state index is 6.06. The van der Waals surface area contributed by atoms with E-state index in [9.17, 15) is 0 Å². The van der Waals surface area contributed by atoms with Crippen molar-refractivity contribution < 1.29 is 0 Å². The molecule has 1 aromatic carbocycles. The molecule has 1 saturated heterocycles. The second-order valence-electron chi connectivity index (χ2n) is 8.36. The number of nitrogens with one attached hydrogen (secondary N) is 1. The molecule has 3 heteroatoms. The summed E-state index contributed by atoms with van der Waals surface area (Å²) in [5.74, 6) is 1.81. The minimum Gasteiger partial charge on any atom is -0.397 e. The van der Waals surface area contributed by atoms with E-state index in [-0.39, 0.29) is 0 Å². The third-order valence-corrected chi connectivity index (χ3v) is 5.93. The lowest BCUT2D eigenvalue weighted by atomic mass is 9.80. The lowest BCUT2D eigenvalue weighted by Crippen LogP contribution is -2.46. The van der Waals surface area contributed by atoms with Gasteiger partial charge in [-0.25, -0.2) is 0 Å². The predicted molar refractivity (Wildman–Crippen MR) is 104 cm³/mol. The Hall–Kier alpha value is -1.22. The largest absolute Gasteiger partial charge is 0.397 e. The van der Waals surface area contributed by atoms with Crippen molar-refractivity contribution in [1.82, 2.24) is 4.90 Å². The monoisotopic (exact) mass is 329 g/mol. The van der Waals surface area contributed by atoms with E-state index in [2.05, 4.69) is 36.2 Å². The van der Waals surface area contributed by atoms with Crippen LogP contribution in [0.3, 0.4) is 0 Å². The number of para-hydroxylation sites is 2. The Kier molecular flexibility index (Phi) is 6.04. The van der Waals surface area contributed by atoms with E-state index < -0.39 is 0 Å². The van der Waals surface area contributed by atoms with Gasteiger partial charge in [-0.2, -0.15) is 0 Å². The summed E-state index contributed by atoms with van der Waals surface area (Å²) < 4.78 is 0. The molecule has 2 aliphatic rings. The van der Waals surface area contributed by atoms with Gasteiger partial charge >= 0.3 is 0 Å². The number of anilines is 2. The molecule has 1 heterocycles. The topological polar surface area (TPSA) is 41.3 Å². The lowest BCUT2D eigenvalue weighted by molar-refractivity contribution is 0.0994. The van der Waals surface area contributed by atoms with Crippen LogP contribution in [-0.4, -0.2) is 30.1 Å². The van der Waals surface area contributed by atoms with Crippen molar-refractivity contribution in [3.8, 4) is 0 Å². The van der Waals surface area contributed by atoms with Crippen molar-refractivity contribution in [2.45, 2.75) is 70.9 Å². The summed E-state index contributed by atoms with van der Waals surface area (Å²) >= 11 is 0. The Morgan fingerprint density at radius 3 is 2.58 bits per heavy atom. The molecule has 0 spiro atoms. The van der Waals surface area contributed by atoms with Crippen LogP contribution in [0.5, 0.6) is 0 Å². The molecule has 1 aliphatic carbocycles.